The molecule has 0 saturated heterocycles. The molecule has 19 heavy (non-hydrogen) atoms. The van der Waals surface area contributed by atoms with Crippen LogP contribution in [0, 0.1) is 0 Å². The molecule has 0 unspecified atom stereocenters. The second-order valence-corrected chi connectivity index (χ2v) is 4.88. The van der Waals surface area contributed by atoms with Gasteiger partial charge in [0.05, 0.1) is 5.88 Å². The van der Waals surface area contributed by atoms with Crippen molar-refractivity contribution in [3.05, 3.63) is 56.3 Å². The maximum absolute atomic E-state index is 11.3. The third-order valence-corrected chi connectivity index (χ3v) is 3.51. The number of rotatable bonds is 7. The van der Waals surface area contributed by atoms with E-state index in [0.29, 0.717) is 5.88 Å². The Kier molecular flexibility index (Phi) is 4.59. The summed E-state index contributed by atoms with van der Waals surface area (Å²) in [4.78, 5) is 22.5. The second kappa shape index (κ2) is 6.40. The van der Waals surface area contributed by atoms with Crippen LogP contribution in [0.4, 0.5) is 11.4 Å². The lowest BCUT2D eigenvalue weighted by molar-refractivity contribution is 0.325. The van der Waals surface area contributed by atoms with Crippen molar-refractivity contribution in [2.75, 3.05) is 23.2 Å². The van der Waals surface area contributed by atoms with Crippen LogP contribution in [-0.2, 0) is 5.75 Å². The highest BCUT2D eigenvalue weighted by Crippen LogP contribution is 2.17. The average molecular weight is 278 g/mol. The van der Waals surface area contributed by atoms with Crippen LogP contribution in [0.3, 0.4) is 0 Å². The van der Waals surface area contributed by atoms with Crippen molar-refractivity contribution in [2.24, 2.45) is 0 Å². The van der Waals surface area contributed by atoms with Gasteiger partial charge in [0.1, 0.15) is 18.1 Å². The summed E-state index contributed by atoms with van der Waals surface area (Å²) in [6, 6.07) is 9.97. The third kappa shape index (κ3) is 3.15. The van der Waals surface area contributed by atoms with E-state index in [1.54, 1.807) is 11.8 Å². The van der Waals surface area contributed by atoms with Crippen molar-refractivity contribution < 1.29 is 5.11 Å². The fraction of sp³-hybridized carbons (Fsp3) is 0.231. The van der Waals surface area contributed by atoms with E-state index < -0.39 is 10.9 Å². The van der Waals surface area contributed by atoms with Gasteiger partial charge >= 0.3 is 0 Å². The lowest BCUT2D eigenvalue weighted by Gasteiger charge is -2.13. The van der Waals surface area contributed by atoms with Crippen molar-refractivity contribution in [3.8, 4) is 0 Å². The highest BCUT2D eigenvalue weighted by Gasteiger charge is 2.19. The molecule has 0 amide bonds. The minimum absolute atomic E-state index is 0.174. The zero-order valence-electron chi connectivity index (χ0n) is 10.2. The molecular weight excluding hydrogens is 264 g/mol. The van der Waals surface area contributed by atoms with E-state index in [4.69, 9.17) is 5.11 Å². The molecule has 5 nitrogen and oxygen atoms in total. The zero-order chi connectivity index (χ0) is 13.7. The third-order valence-electron chi connectivity index (χ3n) is 2.63. The van der Waals surface area contributed by atoms with Crippen LogP contribution in [0.1, 0.15) is 5.56 Å². The van der Waals surface area contributed by atoms with Crippen molar-refractivity contribution >= 4 is 23.1 Å². The first kappa shape index (κ1) is 13.6. The minimum atomic E-state index is -0.579. The molecule has 2 rings (SSSR count). The molecule has 0 saturated carbocycles. The van der Waals surface area contributed by atoms with Gasteiger partial charge in [-0.1, -0.05) is 30.3 Å². The quantitative estimate of drug-likeness (QED) is 0.397. The highest BCUT2D eigenvalue weighted by atomic mass is 32.2. The standard InChI is InChI=1S/C13H14N2O3S/c16-7-14-10-11(13(18)12(10)17)15-8-19-6-9-4-2-1-3-5-9/h1-5,14-16H,6-8H2. The zero-order valence-corrected chi connectivity index (χ0v) is 11.0. The summed E-state index contributed by atoms with van der Waals surface area (Å²) in [6.45, 7) is -0.364. The molecule has 0 atom stereocenters. The molecule has 6 heteroatoms. The summed E-state index contributed by atoms with van der Waals surface area (Å²) in [6.07, 6.45) is 0. The monoisotopic (exact) mass is 278 g/mol. The van der Waals surface area contributed by atoms with Gasteiger partial charge in [-0.15, -0.1) is 11.8 Å². The summed E-state index contributed by atoms with van der Waals surface area (Å²) in [5.74, 6) is 1.35. The number of benzene rings is 1. The van der Waals surface area contributed by atoms with Crippen molar-refractivity contribution in [1.29, 1.82) is 0 Å². The molecule has 0 aromatic heterocycles. The first-order valence-electron chi connectivity index (χ1n) is 5.77. The Balaban J connectivity index is 1.82. The number of thioether (sulfide) groups is 1. The van der Waals surface area contributed by atoms with Crippen molar-refractivity contribution in [1.82, 2.24) is 0 Å². The molecule has 100 valence electrons. The van der Waals surface area contributed by atoms with Gasteiger partial charge in [-0.05, 0) is 5.56 Å². The Labute approximate surface area is 114 Å². The van der Waals surface area contributed by atoms with Crippen LogP contribution in [0.2, 0.25) is 0 Å². The maximum atomic E-state index is 11.3. The summed E-state index contributed by atoms with van der Waals surface area (Å²) in [5.41, 5.74) is 0.529. The number of aliphatic hydroxyl groups is 1. The van der Waals surface area contributed by atoms with Crippen molar-refractivity contribution in [3.63, 3.8) is 0 Å². The summed E-state index contributed by atoms with van der Waals surface area (Å²) >= 11 is 1.61. The van der Waals surface area contributed by atoms with Gasteiger partial charge in [-0.25, -0.2) is 0 Å². The molecular formula is C13H14N2O3S. The molecule has 0 aliphatic heterocycles. The Hall–Kier alpha value is -1.79. The lowest BCUT2D eigenvalue weighted by atomic mass is 10.2. The predicted octanol–water partition coefficient (Wildman–Crippen LogP) is 0.947. The molecule has 0 spiro atoms. The van der Waals surface area contributed by atoms with Gasteiger partial charge in [0, 0.05) is 5.75 Å². The molecule has 0 heterocycles. The molecule has 2 aromatic rings. The van der Waals surface area contributed by atoms with Gasteiger partial charge < -0.3 is 15.7 Å². The average Bonchev–Trinajstić information content (AvgIpc) is 2.46. The maximum Gasteiger partial charge on any atom is 0.253 e. The Morgan fingerprint density at radius 3 is 2.26 bits per heavy atom. The largest absolute Gasteiger partial charge is 0.377 e. The van der Waals surface area contributed by atoms with Crippen LogP contribution in [0.5, 0.6) is 0 Å². The van der Waals surface area contributed by atoms with Crippen LogP contribution >= 0.6 is 11.8 Å². The van der Waals surface area contributed by atoms with E-state index in [2.05, 4.69) is 10.6 Å². The molecule has 0 bridgehead atoms. The first-order valence-corrected chi connectivity index (χ1v) is 6.93. The van der Waals surface area contributed by atoms with E-state index in [9.17, 15) is 9.59 Å². The number of aliphatic hydroxyl groups excluding tert-OH is 1. The second-order valence-electron chi connectivity index (χ2n) is 3.90. The normalized spacial score (nSPS) is 10.6. The van der Waals surface area contributed by atoms with Gasteiger partial charge in [-0.3, -0.25) is 9.59 Å². The molecule has 3 N–H and O–H groups in total. The molecule has 0 radical (unpaired) electrons. The van der Waals surface area contributed by atoms with Gasteiger partial charge in [-0.2, -0.15) is 0 Å². The van der Waals surface area contributed by atoms with Crippen LogP contribution < -0.4 is 21.5 Å². The van der Waals surface area contributed by atoms with Gasteiger partial charge in [0.15, 0.2) is 0 Å². The van der Waals surface area contributed by atoms with E-state index in [0.717, 1.165) is 5.75 Å². The predicted molar refractivity (Wildman–Crippen MR) is 78.3 cm³/mol. The summed E-state index contributed by atoms with van der Waals surface area (Å²) < 4.78 is 0. The number of hydrogen-bond donors (Lipinski definition) is 3. The van der Waals surface area contributed by atoms with Gasteiger partial charge in [0.2, 0.25) is 0 Å². The number of hydrogen-bond acceptors (Lipinski definition) is 6. The topological polar surface area (TPSA) is 78.4 Å². The SMILES string of the molecule is O=c1c(NCO)c(NCSCc2ccccc2)c1=O. The van der Waals surface area contributed by atoms with Crippen LogP contribution in [0.25, 0.3) is 0 Å². The minimum Gasteiger partial charge on any atom is -0.377 e. The Bertz CT molecular complexity index is 606. The van der Waals surface area contributed by atoms with E-state index in [-0.39, 0.29) is 18.1 Å². The van der Waals surface area contributed by atoms with E-state index in [1.165, 1.54) is 5.56 Å². The van der Waals surface area contributed by atoms with Crippen molar-refractivity contribution in [2.45, 2.75) is 5.75 Å². The Morgan fingerprint density at radius 1 is 1.00 bits per heavy atom. The number of anilines is 2. The Morgan fingerprint density at radius 2 is 1.63 bits per heavy atom. The van der Waals surface area contributed by atoms with E-state index >= 15 is 0 Å². The fourth-order valence-corrected chi connectivity index (χ4v) is 2.45. The van der Waals surface area contributed by atoms with Crippen LogP contribution in [-0.4, -0.2) is 17.7 Å². The summed E-state index contributed by atoms with van der Waals surface area (Å²) in [5, 5.41) is 14.1. The molecule has 0 aliphatic rings. The van der Waals surface area contributed by atoms with Crippen LogP contribution in [0.15, 0.2) is 39.9 Å². The first-order chi connectivity index (χ1) is 9.24. The van der Waals surface area contributed by atoms with Gasteiger partial charge in [0.25, 0.3) is 10.9 Å². The highest BCUT2D eigenvalue weighted by molar-refractivity contribution is 7.98. The molecule has 2 aromatic carbocycles. The number of nitrogens with one attached hydrogen (secondary N) is 2. The molecule has 0 aliphatic carbocycles. The van der Waals surface area contributed by atoms with E-state index in [1.807, 2.05) is 30.3 Å². The fourth-order valence-electron chi connectivity index (χ4n) is 1.67. The summed E-state index contributed by atoms with van der Waals surface area (Å²) in [7, 11) is 0. The molecule has 0 fully saturated rings. The smallest absolute Gasteiger partial charge is 0.253 e. The lowest BCUT2D eigenvalue weighted by Crippen LogP contribution is -2.37.